The van der Waals surface area contributed by atoms with Crippen LogP contribution in [0.15, 0.2) is 24.3 Å². The van der Waals surface area contributed by atoms with Gasteiger partial charge in [0, 0.05) is 38.3 Å². The van der Waals surface area contributed by atoms with E-state index in [2.05, 4.69) is 4.90 Å². The van der Waals surface area contributed by atoms with Gasteiger partial charge in [0.15, 0.2) is 0 Å². The Hall–Kier alpha value is -1.92. The number of hydrogen-bond donors (Lipinski definition) is 1. The lowest BCUT2D eigenvalue weighted by atomic mass is 9.96. The fourth-order valence-corrected chi connectivity index (χ4v) is 3.28. The molecule has 2 fully saturated rings. The van der Waals surface area contributed by atoms with Gasteiger partial charge in [-0.1, -0.05) is 12.1 Å². The lowest BCUT2D eigenvalue weighted by Crippen LogP contribution is -2.40. The fraction of sp³-hybridized carbons (Fsp3) is 0.556. The fourth-order valence-electron chi connectivity index (χ4n) is 3.28. The molecule has 6 nitrogen and oxygen atoms in total. The zero-order chi connectivity index (χ0) is 16.9. The van der Waals surface area contributed by atoms with Gasteiger partial charge in [0.1, 0.15) is 0 Å². The van der Waals surface area contributed by atoms with Crippen LogP contribution in [0, 0.1) is 5.92 Å². The SMILES string of the molecule is O=C(O)C1CCN(C(=O)c2ccc(CN3CCOCC3)cc2)CC1. The van der Waals surface area contributed by atoms with Gasteiger partial charge in [-0.05, 0) is 30.5 Å². The molecule has 2 aliphatic heterocycles. The number of morpholine rings is 1. The number of carboxylic acid groups (broad SMARTS) is 1. The van der Waals surface area contributed by atoms with Crippen molar-refractivity contribution in [2.45, 2.75) is 19.4 Å². The first-order valence-corrected chi connectivity index (χ1v) is 8.54. The van der Waals surface area contributed by atoms with Crippen LogP contribution in [0.1, 0.15) is 28.8 Å². The molecule has 0 atom stereocenters. The van der Waals surface area contributed by atoms with Gasteiger partial charge in [0.05, 0.1) is 19.1 Å². The van der Waals surface area contributed by atoms with Crippen LogP contribution in [-0.4, -0.2) is 66.2 Å². The lowest BCUT2D eigenvalue weighted by Gasteiger charge is -2.30. The largest absolute Gasteiger partial charge is 0.481 e. The van der Waals surface area contributed by atoms with Crippen LogP contribution in [0.3, 0.4) is 0 Å². The van der Waals surface area contributed by atoms with Crippen LogP contribution < -0.4 is 0 Å². The molecule has 1 aromatic rings. The Bertz CT molecular complexity index is 573. The summed E-state index contributed by atoms with van der Waals surface area (Å²) in [4.78, 5) is 27.6. The number of carbonyl (C=O) groups excluding carboxylic acids is 1. The van der Waals surface area contributed by atoms with Crippen molar-refractivity contribution in [2.75, 3.05) is 39.4 Å². The molecule has 0 saturated carbocycles. The molecule has 2 saturated heterocycles. The average Bonchev–Trinajstić information content (AvgIpc) is 2.63. The van der Waals surface area contributed by atoms with Gasteiger partial charge in [0.2, 0.25) is 0 Å². The van der Waals surface area contributed by atoms with Crippen molar-refractivity contribution in [2.24, 2.45) is 5.92 Å². The minimum absolute atomic E-state index is 0.00300. The van der Waals surface area contributed by atoms with Crippen molar-refractivity contribution in [1.82, 2.24) is 9.80 Å². The van der Waals surface area contributed by atoms with Crippen molar-refractivity contribution < 1.29 is 19.4 Å². The van der Waals surface area contributed by atoms with Gasteiger partial charge in [-0.3, -0.25) is 14.5 Å². The molecule has 0 unspecified atom stereocenters. The summed E-state index contributed by atoms with van der Waals surface area (Å²) in [6.07, 6.45) is 1.08. The number of likely N-dealkylation sites (tertiary alicyclic amines) is 1. The summed E-state index contributed by atoms with van der Waals surface area (Å²) in [5.74, 6) is -1.07. The predicted octanol–water partition coefficient (Wildman–Crippen LogP) is 1.46. The number of hydrogen-bond acceptors (Lipinski definition) is 4. The highest BCUT2D eigenvalue weighted by Gasteiger charge is 2.27. The van der Waals surface area contributed by atoms with E-state index in [0.29, 0.717) is 31.5 Å². The molecule has 0 spiro atoms. The van der Waals surface area contributed by atoms with E-state index < -0.39 is 5.97 Å². The van der Waals surface area contributed by atoms with Crippen LogP contribution in [0.4, 0.5) is 0 Å². The zero-order valence-corrected chi connectivity index (χ0v) is 13.8. The second-order valence-electron chi connectivity index (χ2n) is 6.49. The highest BCUT2D eigenvalue weighted by atomic mass is 16.5. The molecule has 1 amide bonds. The molecule has 24 heavy (non-hydrogen) atoms. The first kappa shape index (κ1) is 16.9. The molecular weight excluding hydrogens is 308 g/mol. The quantitative estimate of drug-likeness (QED) is 0.904. The molecular formula is C18H24N2O4. The van der Waals surface area contributed by atoms with Crippen LogP contribution in [0.2, 0.25) is 0 Å². The Kier molecular flexibility index (Phi) is 5.48. The monoisotopic (exact) mass is 332 g/mol. The number of amides is 1. The van der Waals surface area contributed by atoms with Crippen molar-refractivity contribution in [3.05, 3.63) is 35.4 Å². The number of rotatable bonds is 4. The highest BCUT2D eigenvalue weighted by Crippen LogP contribution is 2.19. The van der Waals surface area contributed by atoms with E-state index in [4.69, 9.17) is 9.84 Å². The van der Waals surface area contributed by atoms with Gasteiger partial charge in [-0.15, -0.1) is 0 Å². The Morgan fingerprint density at radius 1 is 1.04 bits per heavy atom. The molecule has 0 radical (unpaired) electrons. The third-order valence-corrected chi connectivity index (χ3v) is 4.84. The standard InChI is InChI=1S/C18H24N2O4/c21-17(20-7-5-16(6-8-20)18(22)23)15-3-1-14(2-4-15)13-19-9-11-24-12-10-19/h1-4,16H,5-13H2,(H,22,23). The van der Waals surface area contributed by atoms with E-state index in [0.717, 1.165) is 32.8 Å². The molecule has 6 heteroatoms. The Balaban J connectivity index is 1.55. The number of aliphatic carboxylic acids is 1. The summed E-state index contributed by atoms with van der Waals surface area (Å²) in [5.41, 5.74) is 1.87. The topological polar surface area (TPSA) is 70.1 Å². The van der Waals surface area contributed by atoms with Crippen molar-refractivity contribution in [1.29, 1.82) is 0 Å². The van der Waals surface area contributed by atoms with E-state index in [-0.39, 0.29) is 11.8 Å². The summed E-state index contributed by atoms with van der Waals surface area (Å²) in [5, 5.41) is 9.03. The van der Waals surface area contributed by atoms with Gasteiger partial charge in [-0.25, -0.2) is 0 Å². The second-order valence-corrected chi connectivity index (χ2v) is 6.49. The van der Waals surface area contributed by atoms with Crippen LogP contribution in [-0.2, 0) is 16.1 Å². The summed E-state index contributed by atoms with van der Waals surface area (Å²) in [6.45, 7) is 5.36. The minimum atomic E-state index is -0.755. The maximum atomic E-state index is 12.5. The number of nitrogens with zero attached hydrogens (tertiary/aromatic N) is 2. The first-order chi connectivity index (χ1) is 11.6. The molecule has 1 N–H and O–H groups in total. The number of carbonyl (C=O) groups is 2. The first-order valence-electron chi connectivity index (χ1n) is 8.54. The highest BCUT2D eigenvalue weighted by molar-refractivity contribution is 5.94. The maximum Gasteiger partial charge on any atom is 0.306 e. The second kappa shape index (κ2) is 7.77. The summed E-state index contributed by atoms with van der Waals surface area (Å²) in [6, 6.07) is 7.77. The smallest absolute Gasteiger partial charge is 0.306 e. The van der Waals surface area contributed by atoms with E-state index in [1.807, 2.05) is 24.3 Å². The van der Waals surface area contributed by atoms with Crippen molar-refractivity contribution >= 4 is 11.9 Å². The van der Waals surface area contributed by atoms with Gasteiger partial charge in [0.25, 0.3) is 5.91 Å². The summed E-state index contributed by atoms with van der Waals surface area (Å²) >= 11 is 0. The number of benzene rings is 1. The number of ether oxygens (including phenoxy) is 1. The third kappa shape index (κ3) is 4.13. The maximum absolute atomic E-state index is 12.5. The van der Waals surface area contributed by atoms with Crippen LogP contribution in [0.25, 0.3) is 0 Å². The van der Waals surface area contributed by atoms with Gasteiger partial charge >= 0.3 is 5.97 Å². The Labute approximate surface area is 142 Å². The molecule has 3 rings (SSSR count). The summed E-state index contributed by atoms with van der Waals surface area (Å²) in [7, 11) is 0. The minimum Gasteiger partial charge on any atom is -0.481 e. The number of piperidine rings is 1. The molecule has 0 aromatic heterocycles. The normalized spacial score (nSPS) is 20.1. The van der Waals surface area contributed by atoms with Crippen LogP contribution in [0.5, 0.6) is 0 Å². The Morgan fingerprint density at radius 3 is 2.25 bits per heavy atom. The third-order valence-electron chi connectivity index (χ3n) is 4.84. The lowest BCUT2D eigenvalue weighted by molar-refractivity contribution is -0.143. The summed E-state index contributed by atoms with van der Waals surface area (Å²) < 4.78 is 5.35. The van der Waals surface area contributed by atoms with Crippen molar-refractivity contribution in [3.63, 3.8) is 0 Å². The molecule has 130 valence electrons. The average molecular weight is 332 g/mol. The molecule has 2 heterocycles. The van der Waals surface area contributed by atoms with E-state index in [9.17, 15) is 9.59 Å². The number of carboxylic acids is 1. The molecule has 0 bridgehead atoms. The van der Waals surface area contributed by atoms with Gasteiger partial charge in [-0.2, -0.15) is 0 Å². The van der Waals surface area contributed by atoms with E-state index >= 15 is 0 Å². The zero-order valence-electron chi connectivity index (χ0n) is 13.8. The molecule has 2 aliphatic rings. The van der Waals surface area contributed by atoms with Crippen molar-refractivity contribution in [3.8, 4) is 0 Å². The Morgan fingerprint density at radius 2 is 1.67 bits per heavy atom. The molecule has 1 aromatic carbocycles. The van der Waals surface area contributed by atoms with Crippen LogP contribution >= 0.6 is 0 Å². The van der Waals surface area contributed by atoms with E-state index in [1.54, 1.807) is 4.90 Å². The predicted molar refractivity (Wildman–Crippen MR) is 88.8 cm³/mol. The molecule has 0 aliphatic carbocycles. The van der Waals surface area contributed by atoms with E-state index in [1.165, 1.54) is 5.56 Å². The van der Waals surface area contributed by atoms with Gasteiger partial charge < -0.3 is 14.7 Å².